The number of rotatable bonds is 2. The van der Waals surface area contributed by atoms with E-state index in [1.807, 2.05) is 5.38 Å². The lowest BCUT2D eigenvalue weighted by molar-refractivity contribution is 0.0592. The van der Waals surface area contributed by atoms with Crippen molar-refractivity contribution >= 4 is 17.3 Å². The van der Waals surface area contributed by atoms with Crippen molar-refractivity contribution in [1.29, 1.82) is 0 Å². The van der Waals surface area contributed by atoms with Gasteiger partial charge < -0.3 is 4.74 Å². The molecular formula is C8H7N3O3S. The molecule has 6 nitrogen and oxygen atoms in total. The Balaban J connectivity index is 2.50. The van der Waals surface area contributed by atoms with Crippen LogP contribution in [-0.4, -0.2) is 28.1 Å². The second-order valence-corrected chi connectivity index (χ2v) is 3.45. The highest BCUT2D eigenvalue weighted by Gasteiger charge is 2.17. The third-order valence-corrected chi connectivity index (χ3v) is 2.48. The van der Waals surface area contributed by atoms with Crippen molar-refractivity contribution in [2.24, 2.45) is 0 Å². The van der Waals surface area contributed by atoms with Crippen LogP contribution in [0.2, 0.25) is 0 Å². The second kappa shape index (κ2) is 3.70. The fourth-order valence-electron chi connectivity index (χ4n) is 1.09. The van der Waals surface area contributed by atoms with E-state index in [1.54, 1.807) is 11.4 Å². The number of nitrogens with zero attached hydrogens (tertiary/aromatic N) is 2. The molecule has 2 heterocycles. The van der Waals surface area contributed by atoms with Crippen molar-refractivity contribution < 1.29 is 9.53 Å². The van der Waals surface area contributed by atoms with Gasteiger partial charge in [0, 0.05) is 5.38 Å². The summed E-state index contributed by atoms with van der Waals surface area (Å²) in [6.45, 7) is 0. The van der Waals surface area contributed by atoms with Gasteiger partial charge in [-0.2, -0.15) is 11.3 Å². The first kappa shape index (κ1) is 9.66. The van der Waals surface area contributed by atoms with Crippen LogP contribution in [-0.2, 0) is 4.74 Å². The zero-order valence-corrected chi connectivity index (χ0v) is 8.58. The van der Waals surface area contributed by atoms with Gasteiger partial charge in [-0.15, -0.1) is 5.10 Å². The van der Waals surface area contributed by atoms with E-state index in [-0.39, 0.29) is 5.69 Å². The van der Waals surface area contributed by atoms with Gasteiger partial charge in [-0.05, 0) is 11.4 Å². The number of hydrogen-bond acceptors (Lipinski definition) is 5. The molecule has 0 aromatic carbocycles. The smallest absolute Gasteiger partial charge is 0.364 e. The number of methoxy groups -OCH3 is 1. The molecule has 0 saturated heterocycles. The van der Waals surface area contributed by atoms with Crippen molar-refractivity contribution in [3.05, 3.63) is 32.9 Å². The minimum atomic E-state index is -0.745. The van der Waals surface area contributed by atoms with Gasteiger partial charge in [-0.3, -0.25) is 4.79 Å². The minimum absolute atomic E-state index is 0.247. The molecule has 0 atom stereocenters. The summed E-state index contributed by atoms with van der Waals surface area (Å²) in [7, 11) is 1.20. The maximum Gasteiger partial charge on any atom is 0.364 e. The van der Waals surface area contributed by atoms with Crippen molar-refractivity contribution in [3.63, 3.8) is 0 Å². The van der Waals surface area contributed by atoms with E-state index < -0.39 is 11.5 Å². The van der Waals surface area contributed by atoms with Crippen molar-refractivity contribution in [3.8, 4) is 5.69 Å². The molecule has 0 aliphatic rings. The molecule has 2 rings (SSSR count). The Morgan fingerprint density at radius 3 is 3.07 bits per heavy atom. The summed E-state index contributed by atoms with van der Waals surface area (Å²) in [5.74, 6) is -0.745. The van der Waals surface area contributed by atoms with Crippen LogP contribution in [0.5, 0.6) is 0 Å². The van der Waals surface area contributed by atoms with E-state index in [0.717, 1.165) is 0 Å². The summed E-state index contributed by atoms with van der Waals surface area (Å²) in [6.07, 6.45) is 0. The molecule has 15 heavy (non-hydrogen) atoms. The molecule has 0 saturated carbocycles. The molecular weight excluding hydrogens is 218 g/mol. The number of hydrogen-bond donors (Lipinski definition) is 1. The molecule has 0 radical (unpaired) electrons. The Labute approximate surface area is 88.1 Å². The lowest BCUT2D eigenvalue weighted by Crippen LogP contribution is -2.20. The zero-order valence-electron chi connectivity index (χ0n) is 7.76. The number of aromatic amines is 1. The van der Waals surface area contributed by atoms with E-state index in [2.05, 4.69) is 15.0 Å². The van der Waals surface area contributed by atoms with Crippen LogP contribution >= 0.6 is 11.3 Å². The van der Waals surface area contributed by atoms with Crippen LogP contribution in [0, 0.1) is 0 Å². The first-order valence-corrected chi connectivity index (χ1v) is 4.96. The largest absolute Gasteiger partial charge is 0.464 e. The fraction of sp³-hybridized carbons (Fsp3) is 0.125. The van der Waals surface area contributed by atoms with Crippen LogP contribution in [0.1, 0.15) is 10.5 Å². The SMILES string of the molecule is COC(=O)c1n[nH]n(-c2ccsc2)c1=O. The van der Waals surface area contributed by atoms with Gasteiger partial charge in [0.2, 0.25) is 5.69 Å². The molecule has 0 bridgehead atoms. The normalized spacial score (nSPS) is 10.2. The second-order valence-electron chi connectivity index (χ2n) is 2.67. The van der Waals surface area contributed by atoms with Gasteiger partial charge in [0.05, 0.1) is 12.8 Å². The summed E-state index contributed by atoms with van der Waals surface area (Å²) in [5, 5.41) is 9.63. The molecule has 0 spiro atoms. The average molecular weight is 225 g/mol. The molecule has 0 aliphatic carbocycles. The number of aromatic nitrogens is 3. The average Bonchev–Trinajstić information content (AvgIpc) is 2.85. The lowest BCUT2D eigenvalue weighted by atomic mass is 10.4. The zero-order chi connectivity index (χ0) is 10.8. The number of carbonyl (C=O) groups is 1. The van der Waals surface area contributed by atoms with Crippen molar-refractivity contribution in [1.82, 2.24) is 15.0 Å². The highest BCUT2D eigenvalue weighted by Crippen LogP contribution is 2.08. The van der Waals surface area contributed by atoms with Crippen LogP contribution in [0.25, 0.3) is 5.69 Å². The molecule has 0 fully saturated rings. The highest BCUT2D eigenvalue weighted by molar-refractivity contribution is 7.08. The Morgan fingerprint density at radius 1 is 1.67 bits per heavy atom. The van der Waals surface area contributed by atoms with E-state index in [0.29, 0.717) is 5.69 Å². The van der Waals surface area contributed by atoms with Gasteiger partial charge in [0.1, 0.15) is 0 Å². The Kier molecular flexibility index (Phi) is 2.38. The van der Waals surface area contributed by atoms with Crippen LogP contribution < -0.4 is 5.56 Å². The number of nitrogens with one attached hydrogen (secondary N) is 1. The Hall–Kier alpha value is -1.89. The number of carbonyl (C=O) groups excluding carboxylic acids is 1. The molecule has 78 valence electrons. The molecule has 7 heteroatoms. The number of esters is 1. The van der Waals surface area contributed by atoms with Gasteiger partial charge >= 0.3 is 11.5 Å². The third kappa shape index (κ3) is 1.57. The predicted octanol–water partition coefficient (Wildman–Crippen LogP) is 0.409. The first-order valence-electron chi connectivity index (χ1n) is 4.02. The van der Waals surface area contributed by atoms with Crippen LogP contribution in [0.4, 0.5) is 0 Å². The molecule has 0 aliphatic heterocycles. The molecule has 0 amide bonds. The Morgan fingerprint density at radius 2 is 2.47 bits per heavy atom. The van der Waals surface area contributed by atoms with E-state index in [1.165, 1.54) is 23.1 Å². The monoisotopic (exact) mass is 225 g/mol. The third-order valence-electron chi connectivity index (χ3n) is 1.81. The minimum Gasteiger partial charge on any atom is -0.464 e. The summed E-state index contributed by atoms with van der Waals surface area (Å²) >= 11 is 1.44. The molecule has 2 aromatic rings. The van der Waals surface area contributed by atoms with Crippen LogP contribution in [0.15, 0.2) is 21.6 Å². The fourth-order valence-corrected chi connectivity index (χ4v) is 1.71. The standard InChI is InChI=1S/C8H7N3O3S/c1-14-8(13)6-7(12)11(10-9-6)5-2-3-15-4-5/h2-4,10H,1H3. The van der Waals surface area contributed by atoms with E-state index in [9.17, 15) is 9.59 Å². The van der Waals surface area contributed by atoms with E-state index >= 15 is 0 Å². The summed E-state index contributed by atoms with van der Waals surface area (Å²) < 4.78 is 5.60. The van der Waals surface area contributed by atoms with Gasteiger partial charge in [0.25, 0.3) is 0 Å². The van der Waals surface area contributed by atoms with Gasteiger partial charge in [0.15, 0.2) is 0 Å². The highest BCUT2D eigenvalue weighted by atomic mass is 32.1. The first-order chi connectivity index (χ1) is 7.24. The summed E-state index contributed by atoms with van der Waals surface area (Å²) in [5.41, 5.74) is -0.114. The van der Waals surface area contributed by atoms with E-state index in [4.69, 9.17) is 0 Å². The Bertz CT molecular complexity index is 526. The summed E-state index contributed by atoms with van der Waals surface area (Å²) in [4.78, 5) is 22.7. The number of thiophene rings is 1. The van der Waals surface area contributed by atoms with Crippen molar-refractivity contribution in [2.45, 2.75) is 0 Å². The maximum absolute atomic E-state index is 11.6. The van der Waals surface area contributed by atoms with Gasteiger partial charge in [-0.25, -0.2) is 14.7 Å². The quantitative estimate of drug-likeness (QED) is 0.751. The number of H-pyrrole nitrogens is 1. The topological polar surface area (TPSA) is 77.0 Å². The van der Waals surface area contributed by atoms with Crippen LogP contribution in [0.3, 0.4) is 0 Å². The van der Waals surface area contributed by atoms with Crippen molar-refractivity contribution in [2.75, 3.05) is 7.11 Å². The molecule has 2 aromatic heterocycles. The summed E-state index contributed by atoms with van der Waals surface area (Å²) in [6, 6.07) is 1.74. The maximum atomic E-state index is 11.6. The molecule has 1 N–H and O–H groups in total. The number of ether oxygens (including phenoxy) is 1. The molecule has 0 unspecified atom stereocenters. The van der Waals surface area contributed by atoms with Gasteiger partial charge in [-0.1, -0.05) is 0 Å². The predicted molar refractivity (Wildman–Crippen MR) is 53.4 cm³/mol. The lowest BCUT2D eigenvalue weighted by Gasteiger charge is -1.92.